The first kappa shape index (κ1) is 16.4. The van der Waals surface area contributed by atoms with E-state index in [4.69, 9.17) is 16.7 Å². The molecular weight excluding hydrogens is 330 g/mol. The van der Waals surface area contributed by atoms with Crippen LogP contribution in [0.4, 0.5) is 5.82 Å². The number of phenolic OH excluding ortho intramolecular Hbond substituents is 1. The van der Waals surface area contributed by atoms with E-state index < -0.39 is 6.10 Å². The van der Waals surface area contributed by atoms with Crippen molar-refractivity contribution in [2.75, 3.05) is 18.5 Å². The van der Waals surface area contributed by atoms with Gasteiger partial charge in [-0.15, -0.1) is 10.2 Å². The van der Waals surface area contributed by atoms with E-state index in [-0.39, 0.29) is 18.9 Å². The summed E-state index contributed by atoms with van der Waals surface area (Å²) in [6, 6.07) is 12.3. The third kappa shape index (κ3) is 3.26. The lowest BCUT2D eigenvalue weighted by molar-refractivity contribution is 0.105. The van der Waals surface area contributed by atoms with Crippen LogP contribution in [0.15, 0.2) is 42.5 Å². The highest BCUT2D eigenvalue weighted by Crippen LogP contribution is 2.35. The minimum Gasteiger partial charge on any atom is -0.507 e. The third-order valence-corrected chi connectivity index (χ3v) is 3.85. The Morgan fingerprint density at radius 2 is 1.83 bits per heavy atom. The fourth-order valence-electron chi connectivity index (χ4n) is 2.42. The number of aromatic hydroxyl groups is 1. The first-order valence-corrected chi connectivity index (χ1v) is 7.75. The lowest BCUT2D eigenvalue weighted by Crippen LogP contribution is -2.23. The third-order valence-electron chi connectivity index (χ3n) is 3.62. The van der Waals surface area contributed by atoms with Crippen molar-refractivity contribution in [2.24, 2.45) is 0 Å². The van der Waals surface area contributed by atoms with Crippen molar-refractivity contribution in [3.63, 3.8) is 0 Å². The van der Waals surface area contributed by atoms with Crippen molar-refractivity contribution in [3.05, 3.63) is 47.5 Å². The standard InChI is InChI=1S/C17H16ClN3O3/c18-10-5-6-14(15(24)7-10)16-12-3-1-2-4-13(12)17(21-20-16)19-8-11(23)9-22/h1-7,11,22-24H,8-9H2,(H,19,21)/t11-/m1/s1. The molecule has 0 aliphatic rings. The normalized spacial score (nSPS) is 12.3. The number of nitrogens with zero attached hydrogens (tertiary/aromatic N) is 2. The zero-order valence-corrected chi connectivity index (χ0v) is 13.4. The fraction of sp³-hybridized carbons (Fsp3) is 0.176. The highest BCUT2D eigenvalue weighted by atomic mass is 35.5. The quantitative estimate of drug-likeness (QED) is 0.567. The summed E-state index contributed by atoms with van der Waals surface area (Å²) in [6.45, 7) is -0.185. The lowest BCUT2D eigenvalue weighted by Gasteiger charge is -2.13. The van der Waals surface area contributed by atoms with E-state index in [2.05, 4.69) is 15.5 Å². The molecule has 0 saturated carbocycles. The Morgan fingerprint density at radius 3 is 2.54 bits per heavy atom. The number of rotatable bonds is 5. The maximum Gasteiger partial charge on any atom is 0.156 e. The molecular formula is C17H16ClN3O3. The van der Waals surface area contributed by atoms with Gasteiger partial charge in [0.15, 0.2) is 5.82 Å². The summed E-state index contributed by atoms with van der Waals surface area (Å²) >= 11 is 5.88. The molecule has 0 bridgehead atoms. The smallest absolute Gasteiger partial charge is 0.156 e. The van der Waals surface area contributed by atoms with Gasteiger partial charge in [-0.05, 0) is 18.2 Å². The largest absolute Gasteiger partial charge is 0.507 e. The second-order valence-electron chi connectivity index (χ2n) is 5.32. The molecule has 124 valence electrons. The number of hydrogen-bond acceptors (Lipinski definition) is 6. The predicted molar refractivity (Wildman–Crippen MR) is 93.2 cm³/mol. The first-order valence-electron chi connectivity index (χ1n) is 7.37. The minimum atomic E-state index is -0.884. The number of fused-ring (bicyclic) bond motifs is 1. The van der Waals surface area contributed by atoms with Gasteiger partial charge in [0.1, 0.15) is 11.4 Å². The van der Waals surface area contributed by atoms with Crippen LogP contribution >= 0.6 is 11.6 Å². The number of benzene rings is 2. The van der Waals surface area contributed by atoms with E-state index in [0.29, 0.717) is 22.1 Å². The summed E-state index contributed by atoms with van der Waals surface area (Å²) in [7, 11) is 0. The van der Waals surface area contributed by atoms with Crippen molar-refractivity contribution in [2.45, 2.75) is 6.10 Å². The van der Waals surface area contributed by atoms with Crippen molar-refractivity contribution < 1.29 is 15.3 Å². The molecule has 0 unspecified atom stereocenters. The van der Waals surface area contributed by atoms with Crippen molar-refractivity contribution in [3.8, 4) is 17.0 Å². The maximum atomic E-state index is 10.2. The summed E-state index contributed by atoms with van der Waals surface area (Å²) in [6.07, 6.45) is -0.884. The molecule has 0 radical (unpaired) electrons. The average molecular weight is 346 g/mol. The highest BCUT2D eigenvalue weighted by Gasteiger charge is 2.14. The van der Waals surface area contributed by atoms with Gasteiger partial charge < -0.3 is 20.6 Å². The summed E-state index contributed by atoms with van der Waals surface area (Å²) < 4.78 is 0. The summed E-state index contributed by atoms with van der Waals surface area (Å²) in [5.74, 6) is 0.522. The van der Waals surface area contributed by atoms with Crippen molar-refractivity contribution >= 4 is 28.2 Å². The summed E-state index contributed by atoms with van der Waals surface area (Å²) in [5.41, 5.74) is 1.07. The Balaban J connectivity index is 2.08. The van der Waals surface area contributed by atoms with Gasteiger partial charge in [0.25, 0.3) is 0 Å². The van der Waals surface area contributed by atoms with E-state index in [1.54, 1.807) is 12.1 Å². The number of phenols is 1. The number of hydrogen-bond donors (Lipinski definition) is 4. The monoisotopic (exact) mass is 345 g/mol. The molecule has 7 heteroatoms. The molecule has 24 heavy (non-hydrogen) atoms. The molecule has 1 atom stereocenters. The number of aliphatic hydroxyl groups excluding tert-OH is 2. The van der Waals surface area contributed by atoms with Gasteiger partial charge >= 0.3 is 0 Å². The first-order chi connectivity index (χ1) is 11.6. The van der Waals surface area contributed by atoms with Gasteiger partial charge in [0.2, 0.25) is 0 Å². The lowest BCUT2D eigenvalue weighted by atomic mass is 10.0. The number of nitrogens with one attached hydrogen (secondary N) is 1. The molecule has 3 aromatic rings. The van der Waals surface area contributed by atoms with E-state index in [1.165, 1.54) is 6.07 Å². The number of halogens is 1. The van der Waals surface area contributed by atoms with Gasteiger partial charge in [0, 0.05) is 27.9 Å². The molecule has 2 aromatic carbocycles. The van der Waals surface area contributed by atoms with Crippen molar-refractivity contribution in [1.82, 2.24) is 10.2 Å². The Hall–Kier alpha value is -2.41. The molecule has 6 nitrogen and oxygen atoms in total. The number of aliphatic hydroxyl groups is 2. The van der Waals surface area contributed by atoms with Gasteiger partial charge in [-0.1, -0.05) is 35.9 Å². The average Bonchev–Trinajstić information content (AvgIpc) is 2.60. The Bertz CT molecular complexity index is 873. The SMILES string of the molecule is OC[C@H](O)CNc1nnc(-c2ccc(Cl)cc2O)c2ccccc12. The second kappa shape index (κ2) is 7.00. The van der Waals surface area contributed by atoms with E-state index >= 15 is 0 Å². The summed E-state index contributed by atoms with van der Waals surface area (Å²) in [5, 5.41) is 41.9. The van der Waals surface area contributed by atoms with Gasteiger partial charge in [0.05, 0.1) is 12.7 Å². The van der Waals surface area contributed by atoms with Crippen molar-refractivity contribution in [1.29, 1.82) is 0 Å². The molecule has 0 saturated heterocycles. The van der Waals surface area contributed by atoms with Gasteiger partial charge in [-0.2, -0.15) is 0 Å². The van der Waals surface area contributed by atoms with Crippen LogP contribution < -0.4 is 5.32 Å². The molecule has 1 aromatic heterocycles. The predicted octanol–water partition coefficient (Wildman–Crippen LogP) is 2.42. The molecule has 1 heterocycles. The van der Waals surface area contributed by atoms with Crippen LogP contribution in [0.5, 0.6) is 5.75 Å². The van der Waals surface area contributed by atoms with E-state index in [1.807, 2.05) is 24.3 Å². The zero-order valence-electron chi connectivity index (χ0n) is 12.6. The highest BCUT2D eigenvalue weighted by molar-refractivity contribution is 6.30. The Morgan fingerprint density at radius 1 is 1.08 bits per heavy atom. The van der Waals surface area contributed by atoms with Crippen LogP contribution in [-0.4, -0.2) is 44.8 Å². The molecule has 0 aliphatic carbocycles. The van der Waals surface area contributed by atoms with Crippen LogP contribution in [0.3, 0.4) is 0 Å². The molecule has 3 rings (SSSR count). The number of aromatic nitrogens is 2. The zero-order chi connectivity index (χ0) is 17.1. The fourth-order valence-corrected chi connectivity index (χ4v) is 2.58. The van der Waals surface area contributed by atoms with Crippen LogP contribution in [0.1, 0.15) is 0 Å². The van der Waals surface area contributed by atoms with Crippen LogP contribution in [0, 0.1) is 0 Å². The van der Waals surface area contributed by atoms with Gasteiger partial charge in [-0.25, -0.2) is 0 Å². The molecule has 0 spiro atoms. The van der Waals surface area contributed by atoms with Crippen LogP contribution in [0.2, 0.25) is 5.02 Å². The second-order valence-corrected chi connectivity index (χ2v) is 5.76. The Kier molecular flexibility index (Phi) is 4.80. The topological polar surface area (TPSA) is 98.5 Å². The summed E-state index contributed by atoms with van der Waals surface area (Å²) in [4.78, 5) is 0. The number of anilines is 1. The minimum absolute atomic E-state index is 0.0263. The molecule has 0 amide bonds. The molecule has 0 fully saturated rings. The van der Waals surface area contributed by atoms with Gasteiger partial charge in [-0.3, -0.25) is 0 Å². The van der Waals surface area contributed by atoms with Crippen LogP contribution in [-0.2, 0) is 0 Å². The molecule has 0 aliphatic heterocycles. The van der Waals surface area contributed by atoms with E-state index in [9.17, 15) is 10.2 Å². The Labute approximate surface area is 143 Å². The van der Waals surface area contributed by atoms with E-state index in [0.717, 1.165) is 10.8 Å². The maximum absolute atomic E-state index is 10.2. The van der Waals surface area contributed by atoms with Crippen LogP contribution in [0.25, 0.3) is 22.0 Å². The molecule has 4 N–H and O–H groups in total.